The average molecular weight is 556 g/mol. The van der Waals surface area contributed by atoms with E-state index in [1.165, 1.54) is 6.92 Å². The highest BCUT2D eigenvalue weighted by Crippen LogP contribution is 2.60. The van der Waals surface area contributed by atoms with Gasteiger partial charge in [0, 0.05) is 11.0 Å². The van der Waals surface area contributed by atoms with Crippen molar-refractivity contribution in [2.75, 3.05) is 0 Å². The van der Waals surface area contributed by atoms with E-state index in [0.717, 1.165) is 5.57 Å². The Hall–Kier alpha value is -1.76. The predicted octanol–water partition coefficient (Wildman–Crippen LogP) is 5.03. The first-order chi connectivity index (χ1) is 16.5. The van der Waals surface area contributed by atoms with Gasteiger partial charge in [0.15, 0.2) is 11.4 Å². The molecule has 0 bridgehead atoms. The van der Waals surface area contributed by atoms with Gasteiger partial charge in [-0.05, 0) is 57.8 Å². The number of hydrogen-bond donors (Lipinski definition) is 1. The maximum absolute atomic E-state index is 14.5. The Labute approximate surface area is 225 Å². The monoisotopic (exact) mass is 554 g/mol. The minimum Gasteiger partial charge on any atom is -0.507 e. The third kappa shape index (κ3) is 3.40. The van der Waals surface area contributed by atoms with Crippen LogP contribution in [0.1, 0.15) is 60.3 Å². The summed E-state index contributed by atoms with van der Waals surface area (Å²) in [5.41, 5.74) is 5.09. The van der Waals surface area contributed by atoms with Gasteiger partial charge in [-0.3, -0.25) is 14.4 Å². The van der Waals surface area contributed by atoms with Crippen molar-refractivity contribution in [1.82, 2.24) is 0 Å². The number of fused-ring (bicyclic) bond motifs is 1. The van der Waals surface area contributed by atoms with Gasteiger partial charge in [-0.1, -0.05) is 26.0 Å². The first-order valence-electron chi connectivity index (χ1n) is 11.8. The minimum absolute atomic E-state index is 0.0592. The Bertz CT molecular complexity index is 1240. The van der Waals surface area contributed by atoms with E-state index in [9.17, 15) is 25.0 Å². The van der Waals surface area contributed by atoms with Crippen LogP contribution in [0.4, 0.5) is 0 Å². The lowest BCUT2D eigenvalue weighted by molar-refractivity contribution is -0.203. The number of hydrogen-bond acceptors (Lipinski definition) is 5. The largest absolute Gasteiger partial charge is 0.507 e. The third-order valence-corrected chi connectivity index (χ3v) is 10.7. The summed E-state index contributed by atoms with van der Waals surface area (Å²) in [6.45, 7) is 12.8. The fourth-order valence-corrected chi connectivity index (χ4v) is 7.17. The van der Waals surface area contributed by atoms with E-state index >= 15 is 0 Å². The van der Waals surface area contributed by atoms with Crippen molar-refractivity contribution in [2.45, 2.75) is 87.1 Å². The van der Waals surface area contributed by atoms with E-state index in [0.29, 0.717) is 12.8 Å². The van der Waals surface area contributed by atoms with E-state index < -0.39 is 66.8 Å². The number of ketones is 3. The van der Waals surface area contributed by atoms with Crippen LogP contribution in [0.15, 0.2) is 34.6 Å². The van der Waals surface area contributed by atoms with E-state index in [2.05, 4.69) is 11.4 Å². The van der Waals surface area contributed by atoms with Crippen molar-refractivity contribution in [2.24, 2.45) is 11.3 Å². The molecule has 3 aliphatic carbocycles. The summed E-state index contributed by atoms with van der Waals surface area (Å²) in [7, 11) is 0. The van der Waals surface area contributed by atoms with Crippen LogP contribution in [0.2, 0.25) is 0 Å². The number of ether oxygens (including phenoxy) is 1. The van der Waals surface area contributed by atoms with Crippen LogP contribution in [0.25, 0.3) is 5.53 Å². The van der Waals surface area contributed by atoms with Crippen molar-refractivity contribution in [3.05, 3.63) is 40.2 Å². The zero-order valence-electron chi connectivity index (χ0n) is 20.9. The van der Waals surface area contributed by atoms with Crippen LogP contribution >= 0.6 is 34.8 Å². The Kier molecular flexibility index (Phi) is 6.34. The summed E-state index contributed by atoms with van der Waals surface area (Å²) in [6.07, 6.45) is 1.13. The van der Waals surface area contributed by atoms with E-state index in [1.807, 2.05) is 13.8 Å². The quantitative estimate of drug-likeness (QED) is 0.169. The highest BCUT2D eigenvalue weighted by molar-refractivity contribution is 6.60. The van der Waals surface area contributed by atoms with Crippen molar-refractivity contribution in [3.8, 4) is 0 Å². The molecule has 36 heavy (non-hydrogen) atoms. The molecule has 1 heterocycles. The van der Waals surface area contributed by atoms with Gasteiger partial charge in [0.05, 0.1) is 16.6 Å². The number of nitrogens with zero attached hydrogens (tertiary/aromatic N) is 2. The number of carbonyl (C=O) groups is 3. The first kappa shape index (κ1) is 27.3. The second kappa shape index (κ2) is 8.37. The van der Waals surface area contributed by atoms with Gasteiger partial charge < -0.3 is 15.4 Å². The molecule has 0 amide bonds. The van der Waals surface area contributed by atoms with Gasteiger partial charge >= 0.3 is 5.71 Å². The molecule has 7 nitrogen and oxygen atoms in total. The van der Waals surface area contributed by atoms with Gasteiger partial charge in [0.2, 0.25) is 5.78 Å². The zero-order chi connectivity index (χ0) is 27.2. The molecule has 2 fully saturated rings. The van der Waals surface area contributed by atoms with Crippen molar-refractivity contribution in [1.29, 1.82) is 0 Å². The Morgan fingerprint density at radius 2 is 1.72 bits per heavy atom. The summed E-state index contributed by atoms with van der Waals surface area (Å²) in [5.74, 6) is -3.56. The lowest BCUT2D eigenvalue weighted by Crippen LogP contribution is -2.74. The molecule has 5 unspecified atom stereocenters. The van der Waals surface area contributed by atoms with Gasteiger partial charge in [-0.15, -0.1) is 34.8 Å². The lowest BCUT2D eigenvalue weighted by atomic mass is 9.56. The van der Waals surface area contributed by atoms with Crippen LogP contribution in [0, 0.1) is 11.3 Å². The number of allylic oxidation sites excluding steroid dienone is 3. The Morgan fingerprint density at radius 1 is 1.11 bits per heavy atom. The molecule has 0 aromatic rings. The Morgan fingerprint density at radius 3 is 2.31 bits per heavy atom. The van der Waals surface area contributed by atoms with Crippen LogP contribution in [0.5, 0.6) is 0 Å². The first-order valence-corrected chi connectivity index (χ1v) is 13.1. The highest BCUT2D eigenvalue weighted by atomic mass is 35.5. The molecule has 1 aliphatic heterocycles. The molecule has 194 valence electrons. The number of Topliss-reactive ketones (excluding diaryl/α,β-unsaturated/α-hetero) is 3. The molecule has 5 atom stereocenters. The second-order valence-corrected chi connectivity index (χ2v) is 13.1. The van der Waals surface area contributed by atoms with Gasteiger partial charge in [0.1, 0.15) is 16.2 Å². The third-order valence-electron chi connectivity index (χ3n) is 8.62. The van der Waals surface area contributed by atoms with Crippen LogP contribution < -0.4 is 0 Å². The summed E-state index contributed by atoms with van der Waals surface area (Å²) >= 11 is 20.5. The molecule has 4 aliphatic rings. The number of aliphatic hydroxyl groups is 1. The average Bonchev–Trinajstić information content (AvgIpc) is 2.79. The number of carbonyl (C=O) groups excluding carboxylic acids is 3. The molecule has 0 radical (unpaired) electrons. The number of alkyl halides is 3. The normalized spacial score (nSPS) is 38.1. The van der Waals surface area contributed by atoms with Crippen molar-refractivity contribution >= 4 is 57.9 Å². The van der Waals surface area contributed by atoms with Gasteiger partial charge in [-0.25, -0.2) is 0 Å². The Balaban J connectivity index is 2.04. The van der Waals surface area contributed by atoms with Crippen LogP contribution in [0.3, 0.4) is 0 Å². The summed E-state index contributed by atoms with van der Waals surface area (Å²) in [4.78, 5) is 42.5. The van der Waals surface area contributed by atoms with Gasteiger partial charge in [0.25, 0.3) is 5.78 Å². The summed E-state index contributed by atoms with van der Waals surface area (Å²) in [5, 5.41) is 9.82. The topological polar surface area (TPSA) is 117 Å². The maximum atomic E-state index is 14.5. The van der Waals surface area contributed by atoms with Crippen molar-refractivity contribution in [3.63, 3.8) is 0 Å². The molecular formula is C26H29Cl3N2O5. The molecule has 10 heteroatoms. The van der Waals surface area contributed by atoms with Crippen molar-refractivity contribution < 1.29 is 29.0 Å². The predicted molar refractivity (Wildman–Crippen MR) is 137 cm³/mol. The number of rotatable bonds is 2. The van der Waals surface area contributed by atoms with Crippen LogP contribution in [-0.2, 0) is 19.1 Å². The number of halogens is 3. The van der Waals surface area contributed by atoms with E-state index in [-0.39, 0.29) is 29.7 Å². The summed E-state index contributed by atoms with van der Waals surface area (Å²) < 4.78 is 6.48. The summed E-state index contributed by atoms with van der Waals surface area (Å²) in [6, 6.07) is 0. The van der Waals surface area contributed by atoms with Gasteiger partial charge in [-0.2, -0.15) is 4.79 Å². The highest BCUT2D eigenvalue weighted by Gasteiger charge is 2.73. The zero-order valence-corrected chi connectivity index (χ0v) is 23.1. The van der Waals surface area contributed by atoms with E-state index in [1.54, 1.807) is 13.8 Å². The molecule has 0 aromatic carbocycles. The number of aliphatic hydroxyl groups excluding tert-OH is 1. The fourth-order valence-electron chi connectivity index (χ4n) is 6.11. The fraction of sp³-hybridized carbons (Fsp3) is 0.615. The SMILES string of the molecule is C=C1CCC(Cl)C(C)(C)C1CC12OC(C)(C)C(Cl)CC1(Cl)C(=O)C1=C(C2=O)C(=[N+]=[N-])C(=O)C(C)=C1O. The molecule has 1 N–H and O–H groups in total. The smallest absolute Gasteiger partial charge is 0.374 e. The molecule has 1 saturated carbocycles. The lowest BCUT2D eigenvalue weighted by Gasteiger charge is -2.59. The molecular weight excluding hydrogens is 527 g/mol. The molecule has 1 saturated heterocycles. The molecule has 0 spiro atoms. The molecule has 0 aromatic heterocycles. The van der Waals surface area contributed by atoms with Crippen LogP contribution in [-0.4, -0.2) is 59.8 Å². The van der Waals surface area contributed by atoms with E-state index in [4.69, 9.17) is 39.5 Å². The minimum atomic E-state index is -2.00. The standard InChI is InChI=1S/C26H29Cl3N2O5/c1-11-7-8-14(27)23(3,4)13(11)9-26-22(35)16-17(19(32)12(2)20(33)18(16)31-30)21(34)25(26,29)10-15(28)24(5,6)36-26/h13-15,32H,1,7-10H2,2-6H3. The maximum Gasteiger partial charge on any atom is 0.374 e. The second-order valence-electron chi connectivity index (χ2n) is 11.4. The molecule has 4 rings (SSSR count).